The molecule has 3 aromatic rings. The van der Waals surface area contributed by atoms with Gasteiger partial charge < -0.3 is 10.3 Å². The Hall–Kier alpha value is -1.96. The molecule has 1 aromatic heterocycles. The maximum absolute atomic E-state index is 13.4. The first-order chi connectivity index (χ1) is 11.8. The van der Waals surface area contributed by atoms with Gasteiger partial charge in [0, 0.05) is 29.7 Å². The van der Waals surface area contributed by atoms with E-state index in [1.807, 2.05) is 18.5 Å². The van der Waals surface area contributed by atoms with Crippen molar-refractivity contribution in [3.8, 4) is 0 Å². The number of benzene rings is 2. The van der Waals surface area contributed by atoms with Crippen molar-refractivity contribution >= 4 is 33.1 Å². The van der Waals surface area contributed by atoms with E-state index < -0.39 is 26.4 Å². The molecule has 0 unspecified atom stereocenters. The van der Waals surface area contributed by atoms with Crippen molar-refractivity contribution in [3.05, 3.63) is 59.3 Å². The Morgan fingerprint density at radius 2 is 1.65 bits per heavy atom. The van der Waals surface area contributed by atoms with Gasteiger partial charge in [-0.05, 0) is 55.8 Å². The quantitative estimate of drug-likeness (QED) is 0.728. The smallest absolute Gasteiger partial charge is 0.206 e. The molecule has 0 atom stereocenters. The van der Waals surface area contributed by atoms with Crippen LogP contribution in [0.15, 0.2) is 46.2 Å². The van der Waals surface area contributed by atoms with Gasteiger partial charge in [0.05, 0.1) is 9.79 Å². The second-order valence-corrected chi connectivity index (χ2v) is 7.90. The van der Waals surface area contributed by atoms with Gasteiger partial charge in [-0.1, -0.05) is 0 Å². The Morgan fingerprint density at radius 1 is 1.04 bits per heavy atom. The molecule has 0 amide bonds. The molecule has 0 spiro atoms. The van der Waals surface area contributed by atoms with Crippen LogP contribution in [0.25, 0.3) is 10.9 Å². The van der Waals surface area contributed by atoms with Crippen LogP contribution < -0.4 is 5.73 Å². The third-order valence-electron chi connectivity index (χ3n) is 4.45. The standard InChI is InChI=1S/C18H18F2N2O2S.ClH/c1-11-16(5-6-21)17-10-14(3-4-18(17)22(11)2)25(23,24)15-8-12(19)7-13(20)9-15;/h3-4,7-10H,5-6,21H2,1-2H3;1H. The number of nitrogens with zero attached hydrogens (tertiary/aromatic N) is 1. The number of fused-ring (bicyclic) bond motifs is 1. The third-order valence-corrected chi connectivity index (χ3v) is 6.18. The first-order valence-corrected chi connectivity index (χ1v) is 9.23. The van der Waals surface area contributed by atoms with Crippen molar-refractivity contribution in [3.63, 3.8) is 0 Å². The van der Waals surface area contributed by atoms with Crippen LogP contribution in [0.4, 0.5) is 8.78 Å². The summed E-state index contributed by atoms with van der Waals surface area (Å²) >= 11 is 0. The maximum atomic E-state index is 13.4. The van der Waals surface area contributed by atoms with Crippen LogP contribution in [0.1, 0.15) is 11.3 Å². The van der Waals surface area contributed by atoms with Crippen molar-refractivity contribution in [2.75, 3.05) is 6.54 Å². The van der Waals surface area contributed by atoms with Crippen molar-refractivity contribution in [1.82, 2.24) is 4.57 Å². The molecule has 0 saturated heterocycles. The van der Waals surface area contributed by atoms with E-state index in [-0.39, 0.29) is 17.3 Å². The lowest BCUT2D eigenvalue weighted by atomic mass is 10.1. The minimum absolute atomic E-state index is 0. The highest BCUT2D eigenvalue weighted by molar-refractivity contribution is 7.91. The topological polar surface area (TPSA) is 65.1 Å². The van der Waals surface area contributed by atoms with Gasteiger partial charge in [0.25, 0.3) is 0 Å². The Balaban J connectivity index is 0.00000243. The van der Waals surface area contributed by atoms with Crippen molar-refractivity contribution in [2.45, 2.75) is 23.1 Å². The molecule has 0 fully saturated rings. The van der Waals surface area contributed by atoms with Crippen LogP contribution >= 0.6 is 12.4 Å². The van der Waals surface area contributed by atoms with E-state index in [0.717, 1.165) is 34.3 Å². The minimum Gasteiger partial charge on any atom is -0.348 e. The van der Waals surface area contributed by atoms with E-state index in [4.69, 9.17) is 5.73 Å². The second-order valence-electron chi connectivity index (χ2n) is 5.95. The van der Waals surface area contributed by atoms with E-state index in [1.165, 1.54) is 6.07 Å². The molecule has 0 saturated carbocycles. The molecule has 140 valence electrons. The highest BCUT2D eigenvalue weighted by Gasteiger charge is 2.22. The number of nitrogens with two attached hydrogens (primary N) is 1. The Morgan fingerprint density at radius 3 is 2.23 bits per heavy atom. The molecule has 0 bridgehead atoms. The van der Waals surface area contributed by atoms with E-state index in [0.29, 0.717) is 19.0 Å². The fraction of sp³-hybridized carbons (Fsp3) is 0.222. The lowest BCUT2D eigenvalue weighted by Crippen LogP contribution is -2.05. The molecule has 0 radical (unpaired) electrons. The van der Waals surface area contributed by atoms with Crippen LogP contribution in [0, 0.1) is 18.6 Å². The minimum atomic E-state index is -4.03. The lowest BCUT2D eigenvalue weighted by Gasteiger charge is -2.07. The summed E-state index contributed by atoms with van der Waals surface area (Å²) in [6.07, 6.45) is 0.612. The van der Waals surface area contributed by atoms with Gasteiger partial charge >= 0.3 is 0 Å². The van der Waals surface area contributed by atoms with Crippen LogP contribution in [-0.4, -0.2) is 19.5 Å². The monoisotopic (exact) mass is 400 g/mol. The van der Waals surface area contributed by atoms with Gasteiger partial charge in [-0.3, -0.25) is 0 Å². The summed E-state index contributed by atoms with van der Waals surface area (Å²) in [4.78, 5) is -0.411. The number of halogens is 3. The summed E-state index contributed by atoms with van der Waals surface area (Å²) in [6, 6.07) is 6.98. The second kappa shape index (κ2) is 7.34. The molecule has 8 heteroatoms. The summed E-state index contributed by atoms with van der Waals surface area (Å²) in [5.74, 6) is -1.86. The van der Waals surface area contributed by atoms with Gasteiger partial charge in [0.15, 0.2) is 0 Å². The molecule has 0 aliphatic carbocycles. The zero-order valence-electron chi connectivity index (χ0n) is 14.3. The normalized spacial score (nSPS) is 11.6. The van der Waals surface area contributed by atoms with Gasteiger partial charge in [-0.2, -0.15) is 0 Å². The summed E-state index contributed by atoms with van der Waals surface area (Å²) < 4.78 is 54.4. The number of aromatic nitrogens is 1. The summed E-state index contributed by atoms with van der Waals surface area (Å²) in [6.45, 7) is 2.38. The van der Waals surface area contributed by atoms with Crippen LogP contribution in [0.5, 0.6) is 0 Å². The fourth-order valence-electron chi connectivity index (χ4n) is 3.07. The number of rotatable bonds is 4. The molecule has 4 nitrogen and oxygen atoms in total. The fourth-order valence-corrected chi connectivity index (χ4v) is 4.40. The molecule has 3 rings (SSSR count). The highest BCUT2D eigenvalue weighted by Crippen LogP contribution is 2.30. The van der Waals surface area contributed by atoms with Crippen LogP contribution in [0.3, 0.4) is 0 Å². The molecular formula is C18H19ClF2N2O2S. The van der Waals surface area contributed by atoms with E-state index in [1.54, 1.807) is 12.1 Å². The van der Waals surface area contributed by atoms with Gasteiger partial charge in [0.2, 0.25) is 9.84 Å². The summed E-state index contributed by atoms with van der Waals surface area (Å²) in [5.41, 5.74) is 8.53. The van der Waals surface area contributed by atoms with Gasteiger partial charge in [0.1, 0.15) is 11.6 Å². The van der Waals surface area contributed by atoms with Crippen molar-refractivity contribution < 1.29 is 17.2 Å². The lowest BCUT2D eigenvalue weighted by molar-refractivity contribution is 0.567. The van der Waals surface area contributed by atoms with Crippen molar-refractivity contribution in [1.29, 1.82) is 0 Å². The first kappa shape index (κ1) is 20.4. The number of hydrogen-bond donors (Lipinski definition) is 1. The zero-order valence-corrected chi connectivity index (χ0v) is 15.9. The van der Waals surface area contributed by atoms with Crippen LogP contribution in [-0.2, 0) is 23.3 Å². The predicted molar refractivity (Wildman–Crippen MR) is 99.5 cm³/mol. The molecule has 2 aromatic carbocycles. The number of hydrogen-bond acceptors (Lipinski definition) is 3. The van der Waals surface area contributed by atoms with Gasteiger partial charge in [-0.15, -0.1) is 12.4 Å². The largest absolute Gasteiger partial charge is 0.348 e. The van der Waals surface area contributed by atoms with E-state index >= 15 is 0 Å². The van der Waals surface area contributed by atoms with E-state index in [9.17, 15) is 17.2 Å². The summed E-state index contributed by atoms with van der Waals surface area (Å²) in [5, 5.41) is 0.781. The van der Waals surface area contributed by atoms with Crippen LogP contribution in [0.2, 0.25) is 0 Å². The maximum Gasteiger partial charge on any atom is 0.206 e. The number of aryl methyl sites for hydroxylation is 1. The summed E-state index contributed by atoms with van der Waals surface area (Å²) in [7, 11) is -2.13. The molecule has 26 heavy (non-hydrogen) atoms. The highest BCUT2D eigenvalue weighted by atomic mass is 35.5. The molecule has 1 heterocycles. The van der Waals surface area contributed by atoms with Crippen molar-refractivity contribution in [2.24, 2.45) is 12.8 Å². The average Bonchev–Trinajstić information content (AvgIpc) is 2.79. The SMILES string of the molecule is Cc1c(CCN)c2cc(S(=O)(=O)c3cc(F)cc(F)c3)ccc2n1C.Cl. The Bertz CT molecular complexity index is 1060. The number of sulfone groups is 1. The Labute approximate surface area is 156 Å². The molecule has 2 N–H and O–H groups in total. The van der Waals surface area contributed by atoms with E-state index in [2.05, 4.69) is 0 Å². The average molecular weight is 401 g/mol. The third kappa shape index (κ3) is 3.34. The molecular weight excluding hydrogens is 382 g/mol. The Kier molecular flexibility index (Phi) is 5.75. The first-order valence-electron chi connectivity index (χ1n) is 7.75. The zero-order chi connectivity index (χ0) is 18.4. The molecule has 0 aliphatic rings. The molecule has 0 aliphatic heterocycles. The predicted octanol–water partition coefficient (Wildman–Crippen LogP) is 3.52. The van der Waals surface area contributed by atoms with Gasteiger partial charge in [-0.25, -0.2) is 17.2 Å².